The van der Waals surface area contributed by atoms with Crippen LogP contribution in [-0.4, -0.2) is 28.0 Å². The third-order valence-electron chi connectivity index (χ3n) is 2.41. The largest absolute Gasteiger partial charge is 0.350 e. The van der Waals surface area contributed by atoms with Crippen molar-refractivity contribution in [3.8, 4) is 0 Å². The Labute approximate surface area is 79.8 Å². The van der Waals surface area contributed by atoms with E-state index in [1.807, 2.05) is 0 Å². The normalized spacial score (nSPS) is 18.3. The van der Waals surface area contributed by atoms with Gasteiger partial charge in [-0.25, -0.2) is 9.59 Å². The number of hydrogen-bond donors (Lipinski definition) is 3. The van der Waals surface area contributed by atoms with Gasteiger partial charge in [0.1, 0.15) is 5.82 Å². The molecule has 1 aliphatic heterocycles. The molecule has 0 aromatic carbocycles. The minimum atomic E-state index is -0.567. The summed E-state index contributed by atoms with van der Waals surface area (Å²) in [6.07, 6.45) is 1.82. The second-order valence-electron chi connectivity index (χ2n) is 3.41. The predicted molar refractivity (Wildman–Crippen MR) is 50.3 cm³/mol. The predicted octanol–water partition coefficient (Wildman–Crippen LogP) is -1.07. The van der Waals surface area contributed by atoms with Crippen LogP contribution < -0.4 is 16.7 Å². The summed E-state index contributed by atoms with van der Waals surface area (Å²) in [7, 11) is 0. The topological polar surface area (TPSA) is 90.6 Å². The van der Waals surface area contributed by atoms with Crippen molar-refractivity contribution in [1.29, 1.82) is 0 Å². The van der Waals surface area contributed by atoms with Crippen LogP contribution in [0.25, 0.3) is 0 Å². The van der Waals surface area contributed by atoms with Crippen molar-refractivity contribution in [2.75, 3.05) is 13.1 Å². The smallest absolute Gasteiger partial charge is 0.317 e. The van der Waals surface area contributed by atoms with Gasteiger partial charge in [-0.3, -0.25) is 9.97 Å². The second kappa shape index (κ2) is 3.75. The lowest BCUT2D eigenvalue weighted by molar-refractivity contribution is 0.441. The molecule has 0 radical (unpaired) electrons. The highest BCUT2D eigenvalue weighted by Gasteiger charge is 2.17. The Morgan fingerprint density at radius 1 is 1.14 bits per heavy atom. The summed E-state index contributed by atoms with van der Waals surface area (Å²) >= 11 is 0. The van der Waals surface area contributed by atoms with Gasteiger partial charge >= 0.3 is 11.4 Å². The Kier molecular flexibility index (Phi) is 2.45. The molecule has 2 heterocycles. The van der Waals surface area contributed by atoms with Gasteiger partial charge in [0.25, 0.3) is 0 Å². The van der Waals surface area contributed by atoms with Crippen molar-refractivity contribution in [1.82, 2.24) is 20.3 Å². The molecule has 1 aromatic heterocycles. The summed E-state index contributed by atoms with van der Waals surface area (Å²) < 4.78 is 0. The van der Waals surface area contributed by atoms with Crippen LogP contribution in [0.3, 0.4) is 0 Å². The third kappa shape index (κ3) is 1.90. The van der Waals surface area contributed by atoms with Gasteiger partial charge in [-0.15, -0.1) is 0 Å². The van der Waals surface area contributed by atoms with Crippen LogP contribution in [0.1, 0.15) is 24.6 Å². The fourth-order valence-corrected chi connectivity index (χ4v) is 1.70. The molecule has 6 heteroatoms. The van der Waals surface area contributed by atoms with Crippen molar-refractivity contribution in [3.63, 3.8) is 0 Å². The number of rotatable bonds is 1. The first kappa shape index (κ1) is 9.14. The third-order valence-corrected chi connectivity index (χ3v) is 2.41. The van der Waals surface area contributed by atoms with E-state index in [9.17, 15) is 9.59 Å². The minimum absolute atomic E-state index is 0.200. The van der Waals surface area contributed by atoms with Crippen molar-refractivity contribution < 1.29 is 0 Å². The summed E-state index contributed by atoms with van der Waals surface area (Å²) in [6, 6.07) is 0. The van der Waals surface area contributed by atoms with Gasteiger partial charge in [0, 0.05) is 5.92 Å². The van der Waals surface area contributed by atoms with Gasteiger partial charge in [0.05, 0.1) is 0 Å². The highest BCUT2D eigenvalue weighted by atomic mass is 16.2. The zero-order valence-electron chi connectivity index (χ0n) is 7.67. The average Bonchev–Trinajstić information content (AvgIpc) is 2.18. The summed E-state index contributed by atoms with van der Waals surface area (Å²) in [5, 5.41) is 3.21. The molecule has 0 amide bonds. The molecule has 0 spiro atoms. The highest BCUT2D eigenvalue weighted by molar-refractivity contribution is 4.96. The van der Waals surface area contributed by atoms with E-state index in [2.05, 4.69) is 20.3 Å². The van der Waals surface area contributed by atoms with Crippen molar-refractivity contribution in [2.24, 2.45) is 0 Å². The number of hydrogen-bond acceptors (Lipinski definition) is 4. The lowest BCUT2D eigenvalue weighted by Crippen LogP contribution is -2.32. The van der Waals surface area contributed by atoms with Gasteiger partial charge in [-0.1, -0.05) is 0 Å². The summed E-state index contributed by atoms with van der Waals surface area (Å²) in [4.78, 5) is 30.3. The summed E-state index contributed by atoms with van der Waals surface area (Å²) in [5.41, 5.74) is -1.04. The fraction of sp³-hybridized carbons (Fsp3) is 0.625. The number of H-pyrrole nitrogens is 2. The number of piperidine rings is 1. The molecule has 0 bridgehead atoms. The van der Waals surface area contributed by atoms with Crippen molar-refractivity contribution in [3.05, 3.63) is 26.8 Å². The SMILES string of the molecule is O=c1nc(C2CCNCC2)[nH]c(=O)[nH]1. The quantitative estimate of drug-likeness (QED) is 0.533. The van der Waals surface area contributed by atoms with Crippen LogP contribution in [0, 0.1) is 0 Å². The Hall–Kier alpha value is -1.43. The second-order valence-corrected chi connectivity index (χ2v) is 3.41. The zero-order valence-corrected chi connectivity index (χ0v) is 7.67. The van der Waals surface area contributed by atoms with Gasteiger partial charge < -0.3 is 5.32 Å². The van der Waals surface area contributed by atoms with Crippen LogP contribution in [0.2, 0.25) is 0 Å². The summed E-state index contributed by atoms with van der Waals surface area (Å²) in [6.45, 7) is 1.81. The molecule has 0 aliphatic carbocycles. The highest BCUT2D eigenvalue weighted by Crippen LogP contribution is 2.19. The Bertz CT molecular complexity index is 388. The van der Waals surface area contributed by atoms with E-state index in [0.29, 0.717) is 5.82 Å². The van der Waals surface area contributed by atoms with E-state index < -0.39 is 11.4 Å². The molecule has 14 heavy (non-hydrogen) atoms. The molecule has 1 saturated heterocycles. The van der Waals surface area contributed by atoms with Crippen LogP contribution in [-0.2, 0) is 0 Å². The summed E-state index contributed by atoms with van der Waals surface area (Å²) in [5.74, 6) is 0.714. The number of nitrogens with zero attached hydrogens (tertiary/aromatic N) is 1. The van der Waals surface area contributed by atoms with Crippen LogP contribution in [0.15, 0.2) is 9.59 Å². The van der Waals surface area contributed by atoms with Crippen LogP contribution >= 0.6 is 0 Å². The number of aromatic amines is 2. The zero-order chi connectivity index (χ0) is 9.97. The van der Waals surface area contributed by atoms with Gasteiger partial charge in [0.2, 0.25) is 0 Å². The van der Waals surface area contributed by atoms with Crippen molar-refractivity contribution in [2.45, 2.75) is 18.8 Å². The maximum atomic E-state index is 11.0. The molecule has 6 nitrogen and oxygen atoms in total. The Balaban J connectivity index is 2.30. The minimum Gasteiger partial charge on any atom is -0.317 e. The van der Waals surface area contributed by atoms with Gasteiger partial charge in [-0.05, 0) is 25.9 Å². The molecule has 0 atom stereocenters. The average molecular weight is 196 g/mol. The van der Waals surface area contributed by atoms with Gasteiger partial charge in [0.15, 0.2) is 0 Å². The first-order valence-corrected chi connectivity index (χ1v) is 4.67. The monoisotopic (exact) mass is 196 g/mol. The molecule has 0 saturated carbocycles. The van der Waals surface area contributed by atoms with Gasteiger partial charge in [-0.2, -0.15) is 4.98 Å². The lowest BCUT2D eigenvalue weighted by atomic mass is 9.97. The number of aromatic nitrogens is 3. The van der Waals surface area contributed by atoms with E-state index in [4.69, 9.17) is 0 Å². The lowest BCUT2D eigenvalue weighted by Gasteiger charge is -2.20. The first-order valence-electron chi connectivity index (χ1n) is 4.67. The van der Waals surface area contributed by atoms with Crippen molar-refractivity contribution >= 4 is 0 Å². The molecular formula is C8H12N4O2. The van der Waals surface area contributed by atoms with E-state index in [-0.39, 0.29) is 5.92 Å². The maximum Gasteiger partial charge on any atom is 0.350 e. The molecule has 1 aliphatic rings. The molecular weight excluding hydrogens is 184 g/mol. The van der Waals surface area contributed by atoms with E-state index in [1.165, 1.54) is 0 Å². The number of nitrogens with one attached hydrogen (secondary N) is 3. The standard InChI is InChI=1S/C8H12N4O2/c13-7-10-6(11-8(14)12-7)5-1-3-9-4-2-5/h5,9H,1-4H2,(H2,10,11,12,13,14). The molecule has 76 valence electrons. The maximum absolute atomic E-state index is 11.0. The molecule has 1 fully saturated rings. The van der Waals surface area contributed by atoms with Crippen LogP contribution in [0.5, 0.6) is 0 Å². The van der Waals surface area contributed by atoms with E-state index >= 15 is 0 Å². The Morgan fingerprint density at radius 3 is 2.50 bits per heavy atom. The fourth-order valence-electron chi connectivity index (χ4n) is 1.70. The van der Waals surface area contributed by atoms with E-state index in [0.717, 1.165) is 25.9 Å². The van der Waals surface area contributed by atoms with E-state index in [1.54, 1.807) is 0 Å². The molecule has 3 N–H and O–H groups in total. The first-order chi connectivity index (χ1) is 6.75. The molecule has 1 aromatic rings. The molecule has 0 unspecified atom stereocenters. The Morgan fingerprint density at radius 2 is 1.86 bits per heavy atom. The van der Waals surface area contributed by atoms with Crippen LogP contribution in [0.4, 0.5) is 0 Å². The molecule has 2 rings (SSSR count).